The first-order chi connectivity index (χ1) is 15.3. The van der Waals surface area contributed by atoms with Gasteiger partial charge in [0.2, 0.25) is 10.0 Å². The van der Waals surface area contributed by atoms with Crippen LogP contribution in [0.15, 0.2) is 41.3 Å². The number of rotatable bonds is 6. The number of morpholine rings is 1. The molecule has 1 aromatic heterocycles. The summed E-state index contributed by atoms with van der Waals surface area (Å²) in [5, 5.41) is 0. The summed E-state index contributed by atoms with van der Waals surface area (Å²) in [6.45, 7) is 7.90. The lowest BCUT2D eigenvalue weighted by atomic mass is 10.1. The second kappa shape index (κ2) is 9.01. The molecule has 0 saturated carbocycles. The Balaban J connectivity index is 1.59. The van der Waals surface area contributed by atoms with Crippen molar-refractivity contribution in [1.29, 1.82) is 0 Å². The van der Waals surface area contributed by atoms with Gasteiger partial charge >= 0.3 is 5.97 Å². The molecule has 1 saturated heterocycles. The van der Waals surface area contributed by atoms with Gasteiger partial charge in [-0.3, -0.25) is 0 Å². The molecule has 1 fully saturated rings. The molecule has 9 heteroatoms. The second-order valence-corrected chi connectivity index (χ2v) is 9.83. The number of esters is 1. The topological polar surface area (TPSA) is 90.7 Å². The summed E-state index contributed by atoms with van der Waals surface area (Å²) < 4.78 is 40.1. The van der Waals surface area contributed by atoms with E-state index in [1.54, 1.807) is 30.3 Å². The predicted octanol–water partition coefficient (Wildman–Crippen LogP) is 3.05. The summed E-state index contributed by atoms with van der Waals surface area (Å²) in [4.78, 5) is 17.3. The molecular weight excluding hydrogens is 430 g/mol. The number of sulfonamides is 1. The van der Waals surface area contributed by atoms with Crippen molar-refractivity contribution in [2.24, 2.45) is 0 Å². The second-order valence-electron chi connectivity index (χ2n) is 7.89. The first-order valence-corrected chi connectivity index (χ1v) is 12.1. The number of hydrogen-bond acceptors (Lipinski definition) is 6. The van der Waals surface area contributed by atoms with Crippen molar-refractivity contribution in [3.05, 3.63) is 58.9 Å². The molecule has 2 heterocycles. The van der Waals surface area contributed by atoms with E-state index in [1.165, 1.54) is 4.31 Å². The number of carbonyl (C=O) groups excluding carboxylic acids is 1. The Morgan fingerprint density at radius 2 is 1.78 bits per heavy atom. The predicted molar refractivity (Wildman–Crippen MR) is 120 cm³/mol. The standard InChI is InChI=1S/C23H27N3O5S/c1-4-26-21-6-5-19(32(28,29)25-7-9-30-10-8-25)14-20(21)24-22(26)15-31-23(27)18-12-16(2)11-17(3)13-18/h5-6,11-14H,4,7-10,15H2,1-3H3. The molecule has 1 aliphatic heterocycles. The SMILES string of the molecule is CCn1c(COC(=O)c2cc(C)cc(C)c2)nc2cc(S(=O)(=O)N3CCOCC3)ccc21. The molecule has 170 valence electrons. The summed E-state index contributed by atoms with van der Waals surface area (Å²) in [5.41, 5.74) is 3.84. The average molecular weight is 458 g/mol. The zero-order valence-corrected chi connectivity index (χ0v) is 19.3. The molecule has 0 bridgehead atoms. The number of nitrogens with zero attached hydrogens (tertiary/aromatic N) is 3. The highest BCUT2D eigenvalue weighted by Crippen LogP contribution is 2.24. The van der Waals surface area contributed by atoms with E-state index >= 15 is 0 Å². The van der Waals surface area contributed by atoms with Crippen LogP contribution in [-0.4, -0.2) is 54.5 Å². The molecule has 3 aromatic rings. The zero-order chi connectivity index (χ0) is 22.9. The molecule has 1 aliphatic rings. The van der Waals surface area contributed by atoms with Crippen LogP contribution in [0.4, 0.5) is 0 Å². The lowest BCUT2D eigenvalue weighted by molar-refractivity contribution is 0.0458. The number of aryl methyl sites for hydroxylation is 3. The van der Waals surface area contributed by atoms with Crippen molar-refractivity contribution in [2.75, 3.05) is 26.3 Å². The van der Waals surface area contributed by atoms with Crippen molar-refractivity contribution < 1.29 is 22.7 Å². The maximum Gasteiger partial charge on any atom is 0.338 e. The van der Waals surface area contributed by atoms with Gasteiger partial charge in [-0.05, 0) is 51.1 Å². The highest BCUT2D eigenvalue weighted by molar-refractivity contribution is 7.89. The first-order valence-electron chi connectivity index (χ1n) is 10.6. The van der Waals surface area contributed by atoms with Crippen LogP contribution in [0.1, 0.15) is 34.2 Å². The van der Waals surface area contributed by atoms with Crippen LogP contribution in [0.25, 0.3) is 11.0 Å². The van der Waals surface area contributed by atoms with E-state index in [0.717, 1.165) is 16.6 Å². The van der Waals surface area contributed by atoms with Crippen molar-refractivity contribution in [1.82, 2.24) is 13.9 Å². The fraction of sp³-hybridized carbons (Fsp3) is 0.391. The molecule has 0 unspecified atom stereocenters. The molecule has 4 rings (SSSR count). The lowest BCUT2D eigenvalue weighted by Crippen LogP contribution is -2.40. The minimum Gasteiger partial charge on any atom is -0.454 e. The molecule has 8 nitrogen and oxygen atoms in total. The monoisotopic (exact) mass is 457 g/mol. The smallest absolute Gasteiger partial charge is 0.338 e. The summed E-state index contributed by atoms with van der Waals surface area (Å²) in [5.74, 6) is 0.156. The number of imidazole rings is 1. The number of ether oxygens (including phenoxy) is 2. The Labute approximate surface area is 187 Å². The average Bonchev–Trinajstić information content (AvgIpc) is 3.14. The Morgan fingerprint density at radius 1 is 1.09 bits per heavy atom. The largest absolute Gasteiger partial charge is 0.454 e. The highest BCUT2D eigenvalue weighted by atomic mass is 32.2. The molecule has 0 atom stereocenters. The van der Waals surface area contributed by atoms with Gasteiger partial charge < -0.3 is 14.0 Å². The molecule has 0 aliphatic carbocycles. The molecule has 0 amide bonds. The number of benzene rings is 2. The highest BCUT2D eigenvalue weighted by Gasteiger charge is 2.27. The first kappa shape index (κ1) is 22.4. The van der Waals surface area contributed by atoms with Gasteiger partial charge in [0.1, 0.15) is 12.4 Å². The van der Waals surface area contributed by atoms with E-state index in [0.29, 0.717) is 49.8 Å². The maximum absolute atomic E-state index is 13.0. The number of carbonyl (C=O) groups is 1. The molecular formula is C23H27N3O5S. The van der Waals surface area contributed by atoms with Crippen molar-refractivity contribution >= 4 is 27.0 Å². The normalized spacial score (nSPS) is 15.2. The molecule has 0 N–H and O–H groups in total. The number of aromatic nitrogens is 2. The minimum atomic E-state index is -3.62. The van der Waals surface area contributed by atoms with Crippen LogP contribution < -0.4 is 0 Å². The van der Waals surface area contributed by atoms with Crippen LogP contribution in [0.2, 0.25) is 0 Å². The van der Waals surface area contributed by atoms with E-state index in [4.69, 9.17) is 9.47 Å². The maximum atomic E-state index is 13.0. The van der Waals surface area contributed by atoms with E-state index in [2.05, 4.69) is 4.98 Å². The van der Waals surface area contributed by atoms with Crippen LogP contribution in [-0.2, 0) is 32.6 Å². The van der Waals surface area contributed by atoms with Gasteiger partial charge in [0, 0.05) is 19.6 Å². The fourth-order valence-electron chi connectivity index (χ4n) is 4.02. The third-order valence-electron chi connectivity index (χ3n) is 5.51. The van der Waals surface area contributed by atoms with Crippen molar-refractivity contribution in [3.8, 4) is 0 Å². The Morgan fingerprint density at radius 3 is 2.44 bits per heavy atom. The Hall–Kier alpha value is -2.75. The summed E-state index contributed by atoms with van der Waals surface area (Å²) in [6.07, 6.45) is 0. The Bertz CT molecular complexity index is 1240. The van der Waals surface area contributed by atoms with E-state index in [1.807, 2.05) is 31.4 Å². The molecule has 2 aromatic carbocycles. The van der Waals surface area contributed by atoms with Gasteiger partial charge in [-0.1, -0.05) is 17.2 Å². The molecule has 0 spiro atoms. The van der Waals surface area contributed by atoms with E-state index < -0.39 is 16.0 Å². The van der Waals surface area contributed by atoms with Gasteiger partial charge in [-0.2, -0.15) is 4.31 Å². The number of hydrogen-bond donors (Lipinski definition) is 0. The molecule has 32 heavy (non-hydrogen) atoms. The zero-order valence-electron chi connectivity index (χ0n) is 18.5. The summed E-state index contributed by atoms with van der Waals surface area (Å²) in [6, 6.07) is 10.5. The summed E-state index contributed by atoms with van der Waals surface area (Å²) in [7, 11) is -3.62. The Kier molecular flexibility index (Phi) is 6.32. The van der Waals surface area contributed by atoms with E-state index in [9.17, 15) is 13.2 Å². The fourth-order valence-corrected chi connectivity index (χ4v) is 5.45. The van der Waals surface area contributed by atoms with Gasteiger partial charge in [0.05, 0.1) is 34.7 Å². The van der Waals surface area contributed by atoms with Gasteiger partial charge in [0.15, 0.2) is 0 Å². The van der Waals surface area contributed by atoms with Crippen molar-refractivity contribution in [3.63, 3.8) is 0 Å². The third-order valence-corrected chi connectivity index (χ3v) is 7.41. The van der Waals surface area contributed by atoms with Gasteiger partial charge in [-0.15, -0.1) is 0 Å². The van der Waals surface area contributed by atoms with Crippen LogP contribution in [0.5, 0.6) is 0 Å². The lowest BCUT2D eigenvalue weighted by Gasteiger charge is -2.26. The minimum absolute atomic E-state index is 0.000109. The summed E-state index contributed by atoms with van der Waals surface area (Å²) >= 11 is 0. The van der Waals surface area contributed by atoms with Crippen LogP contribution >= 0.6 is 0 Å². The van der Waals surface area contributed by atoms with Gasteiger partial charge in [-0.25, -0.2) is 18.2 Å². The molecule has 0 radical (unpaired) electrons. The van der Waals surface area contributed by atoms with E-state index in [-0.39, 0.29) is 11.5 Å². The van der Waals surface area contributed by atoms with Crippen LogP contribution in [0, 0.1) is 13.8 Å². The third kappa shape index (κ3) is 4.41. The number of fused-ring (bicyclic) bond motifs is 1. The van der Waals surface area contributed by atoms with Gasteiger partial charge in [0.25, 0.3) is 0 Å². The van der Waals surface area contributed by atoms with Crippen LogP contribution in [0.3, 0.4) is 0 Å². The quantitative estimate of drug-likeness (QED) is 0.529. The van der Waals surface area contributed by atoms with Crippen molar-refractivity contribution in [2.45, 2.75) is 38.8 Å².